The number of hydrogen-bond acceptors (Lipinski definition) is 6. The van der Waals surface area contributed by atoms with Crippen LogP contribution >= 0.6 is 24.8 Å². The van der Waals surface area contributed by atoms with E-state index in [1.807, 2.05) is 6.08 Å². The standard InChI is InChI=1S/C16H23N3O4.2ClH/c1-3-4-5-14(18-8-6-17-7-9-18)13-10-12(19(21)22)11-15(23-2)16(13)20;;/h3,10-11,14,17,20H,1,4-9H2,2H3;2*1H/t14-;;/m0../s1. The van der Waals surface area contributed by atoms with Gasteiger partial charge in [-0.1, -0.05) is 6.08 Å². The lowest BCUT2D eigenvalue weighted by molar-refractivity contribution is -0.385. The van der Waals surface area contributed by atoms with Crippen LogP contribution in [-0.4, -0.2) is 48.2 Å². The number of phenols is 1. The second-order valence-corrected chi connectivity index (χ2v) is 5.51. The summed E-state index contributed by atoms with van der Waals surface area (Å²) in [5.41, 5.74) is 0.466. The molecule has 0 amide bonds. The van der Waals surface area contributed by atoms with Gasteiger partial charge in [-0.25, -0.2) is 0 Å². The van der Waals surface area contributed by atoms with Gasteiger partial charge in [0.05, 0.1) is 18.1 Å². The highest BCUT2D eigenvalue weighted by Crippen LogP contribution is 2.41. The number of phenolic OH excluding ortho intramolecular Hbond substituents is 1. The third kappa shape index (κ3) is 5.74. The molecule has 0 spiro atoms. The van der Waals surface area contributed by atoms with E-state index in [4.69, 9.17) is 4.74 Å². The third-order valence-electron chi connectivity index (χ3n) is 4.12. The van der Waals surface area contributed by atoms with E-state index in [9.17, 15) is 15.2 Å². The number of benzene rings is 1. The molecule has 1 heterocycles. The Bertz CT molecular complexity index is 581. The summed E-state index contributed by atoms with van der Waals surface area (Å²) in [7, 11) is 1.39. The van der Waals surface area contributed by atoms with Crippen molar-refractivity contribution in [3.05, 3.63) is 40.5 Å². The predicted molar refractivity (Wildman–Crippen MR) is 102 cm³/mol. The minimum Gasteiger partial charge on any atom is -0.504 e. The molecule has 2 rings (SSSR count). The van der Waals surface area contributed by atoms with Crippen LogP contribution in [0.15, 0.2) is 24.8 Å². The Morgan fingerprint density at radius 2 is 2.08 bits per heavy atom. The van der Waals surface area contributed by atoms with Crippen molar-refractivity contribution in [2.45, 2.75) is 18.9 Å². The summed E-state index contributed by atoms with van der Waals surface area (Å²) >= 11 is 0. The normalized spacial score (nSPS) is 15.4. The Labute approximate surface area is 160 Å². The Hall–Kier alpha value is -1.54. The molecule has 0 unspecified atom stereocenters. The number of nitrogens with one attached hydrogen (secondary N) is 1. The summed E-state index contributed by atoms with van der Waals surface area (Å²) in [4.78, 5) is 12.9. The number of aromatic hydroxyl groups is 1. The maximum atomic E-state index is 11.2. The summed E-state index contributed by atoms with van der Waals surface area (Å²) < 4.78 is 5.11. The van der Waals surface area contributed by atoms with E-state index in [0.29, 0.717) is 5.56 Å². The van der Waals surface area contributed by atoms with Gasteiger partial charge >= 0.3 is 0 Å². The van der Waals surface area contributed by atoms with Crippen LogP contribution in [0.5, 0.6) is 11.5 Å². The van der Waals surface area contributed by atoms with Crippen molar-refractivity contribution in [2.75, 3.05) is 33.3 Å². The fourth-order valence-corrected chi connectivity index (χ4v) is 2.93. The molecule has 0 radical (unpaired) electrons. The number of halogens is 2. The molecular formula is C16H25Cl2N3O4. The SMILES string of the molecule is C=CCC[C@@H](c1cc([N+](=O)[O-])cc(OC)c1O)N1CCNCC1.Cl.Cl. The van der Waals surface area contributed by atoms with Gasteiger partial charge in [0.25, 0.3) is 5.69 Å². The third-order valence-corrected chi connectivity index (χ3v) is 4.12. The average molecular weight is 394 g/mol. The topological polar surface area (TPSA) is 87.9 Å². The molecule has 0 saturated carbocycles. The Morgan fingerprint density at radius 1 is 1.44 bits per heavy atom. The van der Waals surface area contributed by atoms with Crippen molar-refractivity contribution in [1.82, 2.24) is 10.2 Å². The molecule has 1 aliphatic rings. The van der Waals surface area contributed by atoms with Crippen LogP contribution < -0.4 is 10.1 Å². The summed E-state index contributed by atoms with van der Waals surface area (Å²) in [5.74, 6) is 0.110. The molecule has 1 aromatic carbocycles. The van der Waals surface area contributed by atoms with Gasteiger partial charge in [0.2, 0.25) is 0 Å². The van der Waals surface area contributed by atoms with Gasteiger partial charge in [-0.15, -0.1) is 31.4 Å². The largest absolute Gasteiger partial charge is 0.504 e. The van der Waals surface area contributed by atoms with E-state index in [1.54, 1.807) is 0 Å². The highest BCUT2D eigenvalue weighted by atomic mass is 35.5. The quantitative estimate of drug-likeness (QED) is 0.420. The van der Waals surface area contributed by atoms with Crippen LogP contribution in [0.3, 0.4) is 0 Å². The average Bonchev–Trinajstić information content (AvgIpc) is 2.57. The van der Waals surface area contributed by atoms with Crippen LogP contribution in [0.2, 0.25) is 0 Å². The molecule has 2 N–H and O–H groups in total. The lowest BCUT2D eigenvalue weighted by atomic mass is 9.97. The molecule has 1 saturated heterocycles. The number of hydrogen-bond donors (Lipinski definition) is 2. The number of piperazine rings is 1. The van der Waals surface area contributed by atoms with Crippen LogP contribution in [0.4, 0.5) is 5.69 Å². The molecule has 0 aliphatic carbocycles. The Balaban J connectivity index is 0.00000288. The van der Waals surface area contributed by atoms with E-state index in [-0.39, 0.29) is 48.0 Å². The van der Waals surface area contributed by atoms with Gasteiger partial charge in [-0.3, -0.25) is 15.0 Å². The maximum Gasteiger partial charge on any atom is 0.273 e. The molecule has 1 fully saturated rings. The summed E-state index contributed by atoms with van der Waals surface area (Å²) in [6.45, 7) is 7.12. The van der Waals surface area contributed by atoms with E-state index in [2.05, 4.69) is 16.8 Å². The van der Waals surface area contributed by atoms with Gasteiger partial charge in [0, 0.05) is 43.9 Å². The molecule has 1 atom stereocenters. The van der Waals surface area contributed by atoms with E-state index >= 15 is 0 Å². The molecule has 0 aromatic heterocycles. The first kappa shape index (κ1) is 23.5. The monoisotopic (exact) mass is 393 g/mol. The van der Waals surface area contributed by atoms with Gasteiger partial charge in [0.15, 0.2) is 11.5 Å². The highest BCUT2D eigenvalue weighted by molar-refractivity contribution is 5.85. The number of allylic oxidation sites excluding steroid dienone is 1. The van der Waals surface area contributed by atoms with Gasteiger partial charge in [0.1, 0.15) is 0 Å². The van der Waals surface area contributed by atoms with Crippen molar-refractivity contribution in [2.24, 2.45) is 0 Å². The molecule has 1 aliphatic heterocycles. The van der Waals surface area contributed by atoms with Crippen LogP contribution in [0.25, 0.3) is 0 Å². The zero-order valence-electron chi connectivity index (χ0n) is 14.1. The highest BCUT2D eigenvalue weighted by Gasteiger charge is 2.28. The lowest BCUT2D eigenvalue weighted by Gasteiger charge is -2.35. The van der Waals surface area contributed by atoms with Crippen molar-refractivity contribution in [3.63, 3.8) is 0 Å². The fraction of sp³-hybridized carbons (Fsp3) is 0.500. The molecule has 25 heavy (non-hydrogen) atoms. The fourth-order valence-electron chi connectivity index (χ4n) is 2.93. The van der Waals surface area contributed by atoms with Gasteiger partial charge in [-0.05, 0) is 12.8 Å². The summed E-state index contributed by atoms with van der Waals surface area (Å²) in [6, 6.07) is 2.60. The molecular weight excluding hydrogens is 369 g/mol. The van der Waals surface area contributed by atoms with Gasteiger partial charge in [-0.2, -0.15) is 0 Å². The van der Waals surface area contributed by atoms with E-state index < -0.39 is 4.92 Å². The number of nitro groups is 1. The molecule has 142 valence electrons. The number of nitrogens with zero attached hydrogens (tertiary/aromatic N) is 2. The first-order valence-corrected chi connectivity index (χ1v) is 7.69. The predicted octanol–water partition coefficient (Wildman–Crippen LogP) is 3.07. The number of non-ortho nitro benzene ring substituents is 1. The maximum absolute atomic E-state index is 11.2. The van der Waals surface area contributed by atoms with Gasteiger partial charge < -0.3 is 15.2 Å². The number of ether oxygens (including phenoxy) is 1. The zero-order valence-corrected chi connectivity index (χ0v) is 15.8. The van der Waals surface area contributed by atoms with Crippen molar-refractivity contribution >= 4 is 30.5 Å². The number of rotatable bonds is 7. The second kappa shape index (κ2) is 11.1. The molecule has 0 bridgehead atoms. The van der Waals surface area contributed by atoms with Crippen molar-refractivity contribution < 1.29 is 14.8 Å². The Morgan fingerprint density at radius 3 is 2.60 bits per heavy atom. The second-order valence-electron chi connectivity index (χ2n) is 5.51. The zero-order chi connectivity index (χ0) is 16.8. The first-order chi connectivity index (χ1) is 11.1. The smallest absolute Gasteiger partial charge is 0.273 e. The minimum absolute atomic E-state index is 0. The summed E-state index contributed by atoms with van der Waals surface area (Å²) in [5, 5.41) is 24.9. The first-order valence-electron chi connectivity index (χ1n) is 7.69. The molecule has 7 nitrogen and oxygen atoms in total. The van der Waals surface area contributed by atoms with Crippen molar-refractivity contribution in [3.8, 4) is 11.5 Å². The number of nitro benzene ring substituents is 1. The number of methoxy groups -OCH3 is 1. The van der Waals surface area contributed by atoms with E-state index in [0.717, 1.165) is 39.0 Å². The van der Waals surface area contributed by atoms with Crippen LogP contribution in [0.1, 0.15) is 24.4 Å². The Kier molecular flexibility index (Phi) is 10.5. The molecule has 1 aromatic rings. The van der Waals surface area contributed by atoms with Crippen LogP contribution in [-0.2, 0) is 0 Å². The van der Waals surface area contributed by atoms with Crippen LogP contribution in [0, 0.1) is 10.1 Å². The lowest BCUT2D eigenvalue weighted by Crippen LogP contribution is -2.45. The van der Waals surface area contributed by atoms with E-state index in [1.165, 1.54) is 19.2 Å². The molecule has 9 heteroatoms. The minimum atomic E-state index is -0.465. The van der Waals surface area contributed by atoms with Crippen molar-refractivity contribution in [1.29, 1.82) is 0 Å². The summed E-state index contributed by atoms with van der Waals surface area (Å²) in [6.07, 6.45) is 3.32.